The van der Waals surface area contributed by atoms with Crippen molar-refractivity contribution in [3.63, 3.8) is 0 Å². The van der Waals surface area contributed by atoms with Crippen LogP contribution in [-0.4, -0.2) is 24.5 Å². The highest BCUT2D eigenvalue weighted by molar-refractivity contribution is 7.92. The monoisotopic (exact) mass is 510 g/mol. The van der Waals surface area contributed by atoms with E-state index in [1.54, 1.807) is 54.6 Å². The lowest BCUT2D eigenvalue weighted by Crippen LogP contribution is -2.20. The topological polar surface area (TPSA) is 116 Å². The normalized spacial score (nSPS) is 13.4. The molecule has 0 atom stereocenters. The van der Waals surface area contributed by atoms with Gasteiger partial charge in [0.05, 0.1) is 10.6 Å². The van der Waals surface area contributed by atoms with Gasteiger partial charge in [-0.1, -0.05) is 54.6 Å². The van der Waals surface area contributed by atoms with Crippen molar-refractivity contribution in [2.45, 2.75) is 17.7 Å². The first-order valence-electron chi connectivity index (χ1n) is 11.7. The minimum Gasteiger partial charge on any atom is -0.507 e. The molecular formula is C29H22N2O5S. The van der Waals surface area contributed by atoms with Crippen LogP contribution in [0.15, 0.2) is 89.8 Å². The number of hydrogen-bond acceptors (Lipinski definition) is 5. The van der Waals surface area contributed by atoms with E-state index in [1.807, 2.05) is 24.3 Å². The number of nitrogens with one attached hydrogen (secondary N) is 2. The highest BCUT2D eigenvalue weighted by Crippen LogP contribution is 2.46. The van der Waals surface area contributed by atoms with Gasteiger partial charge < -0.3 is 15.5 Å². The van der Waals surface area contributed by atoms with Crippen LogP contribution in [0, 0.1) is 0 Å². The molecule has 184 valence electrons. The van der Waals surface area contributed by atoms with E-state index in [0.717, 1.165) is 16.3 Å². The molecule has 0 aliphatic carbocycles. The molecule has 0 saturated carbocycles. The lowest BCUT2D eigenvalue weighted by molar-refractivity contribution is -0.116. The maximum absolute atomic E-state index is 13.5. The highest BCUT2D eigenvalue weighted by atomic mass is 32.2. The SMILES string of the molecule is O=C1CCc2cc(S(=O)(=O)Nc3cc(-c4c(O)ccc5ccccc45)c(O)c4ccccc34)ccc2N1. The average molecular weight is 511 g/mol. The number of benzene rings is 5. The van der Waals surface area contributed by atoms with Crippen molar-refractivity contribution in [3.8, 4) is 22.6 Å². The Morgan fingerprint density at radius 3 is 2.32 bits per heavy atom. The molecule has 1 aliphatic heterocycles. The summed E-state index contributed by atoms with van der Waals surface area (Å²) in [7, 11) is -4.02. The van der Waals surface area contributed by atoms with Gasteiger partial charge in [0.25, 0.3) is 10.0 Å². The molecule has 0 fully saturated rings. The van der Waals surface area contributed by atoms with Gasteiger partial charge in [0, 0.05) is 34.0 Å². The predicted octanol–water partition coefficient (Wildman–Crippen LogP) is 5.76. The summed E-state index contributed by atoms with van der Waals surface area (Å²) >= 11 is 0. The number of aryl methyl sites for hydroxylation is 1. The van der Waals surface area contributed by atoms with E-state index < -0.39 is 10.0 Å². The van der Waals surface area contributed by atoms with Crippen LogP contribution in [0.3, 0.4) is 0 Å². The second-order valence-electron chi connectivity index (χ2n) is 9.02. The minimum absolute atomic E-state index is 0.0326. The zero-order valence-electron chi connectivity index (χ0n) is 19.5. The number of phenolic OH excluding ortho intramolecular Hbond substituents is 2. The fraction of sp³-hybridized carbons (Fsp3) is 0.0690. The van der Waals surface area contributed by atoms with Crippen LogP contribution >= 0.6 is 0 Å². The van der Waals surface area contributed by atoms with Gasteiger partial charge in [-0.2, -0.15) is 0 Å². The first-order chi connectivity index (χ1) is 17.8. The van der Waals surface area contributed by atoms with Gasteiger partial charge in [-0.15, -0.1) is 0 Å². The van der Waals surface area contributed by atoms with Crippen molar-refractivity contribution >= 4 is 48.9 Å². The third-order valence-corrected chi connectivity index (χ3v) is 8.08. The molecule has 1 aliphatic rings. The van der Waals surface area contributed by atoms with E-state index in [2.05, 4.69) is 10.0 Å². The van der Waals surface area contributed by atoms with Gasteiger partial charge >= 0.3 is 0 Å². The number of anilines is 2. The number of aromatic hydroxyl groups is 2. The predicted molar refractivity (Wildman–Crippen MR) is 144 cm³/mol. The highest BCUT2D eigenvalue weighted by Gasteiger charge is 2.23. The van der Waals surface area contributed by atoms with Crippen molar-refractivity contribution in [2.75, 3.05) is 10.0 Å². The molecule has 1 amide bonds. The van der Waals surface area contributed by atoms with Gasteiger partial charge in [0.1, 0.15) is 11.5 Å². The van der Waals surface area contributed by atoms with Crippen LogP contribution in [0.4, 0.5) is 11.4 Å². The summed E-state index contributed by atoms with van der Waals surface area (Å²) < 4.78 is 29.7. The van der Waals surface area contributed by atoms with Gasteiger partial charge in [-0.25, -0.2) is 8.42 Å². The zero-order chi connectivity index (χ0) is 25.7. The van der Waals surface area contributed by atoms with Gasteiger partial charge in [0.2, 0.25) is 5.91 Å². The standard InChI is InChI=1S/C29H22N2O5S/c32-26-13-9-17-5-1-2-6-20(17)28(26)23-16-25(21-7-3-4-8-22(21)29(23)34)31-37(35,36)19-11-12-24-18(15-19)10-14-27(33)30-24/h1-9,11-13,15-16,31-32,34H,10,14H2,(H,30,33). The van der Waals surface area contributed by atoms with Crippen LogP contribution in [0.1, 0.15) is 12.0 Å². The molecule has 5 aromatic rings. The van der Waals surface area contributed by atoms with Crippen molar-refractivity contribution in [1.82, 2.24) is 0 Å². The molecule has 0 spiro atoms. The maximum atomic E-state index is 13.5. The summed E-state index contributed by atoms with van der Waals surface area (Å²) in [5.41, 5.74) is 2.34. The first kappa shape index (κ1) is 22.9. The Labute approximate surface area is 213 Å². The number of carbonyl (C=O) groups is 1. The molecule has 4 N–H and O–H groups in total. The lowest BCUT2D eigenvalue weighted by atomic mass is 9.93. The summed E-state index contributed by atoms with van der Waals surface area (Å²) in [5.74, 6) is -0.189. The van der Waals surface area contributed by atoms with E-state index in [4.69, 9.17) is 0 Å². The molecule has 0 unspecified atom stereocenters. The summed E-state index contributed by atoms with van der Waals surface area (Å²) in [5, 5.41) is 27.4. The zero-order valence-corrected chi connectivity index (χ0v) is 20.3. The van der Waals surface area contributed by atoms with Crippen LogP contribution in [0.5, 0.6) is 11.5 Å². The third kappa shape index (κ3) is 3.91. The van der Waals surface area contributed by atoms with Crippen molar-refractivity contribution in [1.29, 1.82) is 0 Å². The number of phenols is 2. The van der Waals surface area contributed by atoms with Gasteiger partial charge in [0.15, 0.2) is 0 Å². The van der Waals surface area contributed by atoms with Crippen molar-refractivity contribution in [3.05, 3.63) is 90.5 Å². The quantitative estimate of drug-likeness (QED) is 0.230. The third-order valence-electron chi connectivity index (χ3n) is 6.72. The van der Waals surface area contributed by atoms with Crippen LogP contribution in [-0.2, 0) is 21.2 Å². The Hall–Kier alpha value is -4.56. The summed E-state index contributed by atoms with van der Waals surface area (Å²) in [6, 6.07) is 23.9. The first-order valence-corrected chi connectivity index (χ1v) is 13.2. The number of fused-ring (bicyclic) bond motifs is 3. The van der Waals surface area contributed by atoms with Crippen LogP contribution in [0.25, 0.3) is 32.7 Å². The number of rotatable bonds is 4. The Morgan fingerprint density at radius 2 is 1.51 bits per heavy atom. The number of carbonyl (C=O) groups excluding carboxylic acids is 1. The van der Waals surface area contributed by atoms with E-state index in [-0.39, 0.29) is 28.0 Å². The molecular weight excluding hydrogens is 488 g/mol. The summed E-state index contributed by atoms with van der Waals surface area (Å²) in [6.07, 6.45) is 0.752. The minimum atomic E-state index is -4.02. The Bertz CT molecular complexity index is 1850. The average Bonchev–Trinajstić information content (AvgIpc) is 2.90. The fourth-order valence-electron chi connectivity index (χ4n) is 4.91. The fourth-order valence-corrected chi connectivity index (χ4v) is 6.03. The largest absolute Gasteiger partial charge is 0.507 e. The smallest absolute Gasteiger partial charge is 0.261 e. The van der Waals surface area contributed by atoms with Gasteiger partial charge in [-0.05, 0) is 53.1 Å². The molecule has 0 saturated heterocycles. The van der Waals surface area contributed by atoms with E-state index in [9.17, 15) is 23.4 Å². The summed E-state index contributed by atoms with van der Waals surface area (Å²) in [4.78, 5) is 11.7. The van der Waals surface area contributed by atoms with E-state index in [1.165, 1.54) is 6.07 Å². The molecule has 1 heterocycles. The van der Waals surface area contributed by atoms with E-state index >= 15 is 0 Å². The summed E-state index contributed by atoms with van der Waals surface area (Å²) in [6.45, 7) is 0. The molecule has 5 aromatic carbocycles. The van der Waals surface area contributed by atoms with Gasteiger partial charge in [-0.3, -0.25) is 9.52 Å². The Kier molecular flexibility index (Phi) is 5.27. The van der Waals surface area contributed by atoms with Crippen LogP contribution in [0.2, 0.25) is 0 Å². The van der Waals surface area contributed by atoms with Crippen molar-refractivity contribution in [2.24, 2.45) is 0 Å². The van der Waals surface area contributed by atoms with Crippen LogP contribution < -0.4 is 10.0 Å². The van der Waals surface area contributed by atoms with E-state index in [0.29, 0.717) is 40.4 Å². The number of sulfonamides is 1. The lowest BCUT2D eigenvalue weighted by Gasteiger charge is -2.19. The number of hydrogen-bond donors (Lipinski definition) is 4. The Morgan fingerprint density at radius 1 is 0.784 bits per heavy atom. The molecule has 8 heteroatoms. The molecule has 6 rings (SSSR count). The molecule has 37 heavy (non-hydrogen) atoms. The molecule has 0 bridgehead atoms. The maximum Gasteiger partial charge on any atom is 0.261 e. The van der Waals surface area contributed by atoms with Crippen molar-refractivity contribution < 1.29 is 23.4 Å². The molecule has 0 radical (unpaired) electrons. The second-order valence-corrected chi connectivity index (χ2v) is 10.7. The number of amides is 1. The molecule has 7 nitrogen and oxygen atoms in total. The second kappa shape index (κ2) is 8.53. The molecule has 0 aromatic heterocycles. The Balaban J connectivity index is 1.52.